The van der Waals surface area contributed by atoms with Crippen LogP contribution in [0.2, 0.25) is 0 Å². The van der Waals surface area contributed by atoms with E-state index in [0.29, 0.717) is 11.3 Å². The van der Waals surface area contributed by atoms with Gasteiger partial charge >= 0.3 is 0 Å². The normalized spacial score (nSPS) is 12.4. The molecule has 0 saturated heterocycles. The molecule has 0 atom stereocenters. The van der Waals surface area contributed by atoms with Crippen molar-refractivity contribution in [2.24, 2.45) is 0 Å². The third-order valence-corrected chi connectivity index (χ3v) is 6.87. The maximum absolute atomic E-state index is 12.4. The number of fused-ring (bicyclic) bond motifs is 1. The van der Waals surface area contributed by atoms with Crippen LogP contribution in [0.4, 0.5) is 5.69 Å². The van der Waals surface area contributed by atoms with Gasteiger partial charge in [0.05, 0.1) is 21.9 Å². The van der Waals surface area contributed by atoms with Crippen molar-refractivity contribution in [3.63, 3.8) is 0 Å². The molecule has 8 nitrogen and oxygen atoms in total. The average Bonchev–Trinajstić information content (AvgIpc) is 3.01. The van der Waals surface area contributed by atoms with E-state index in [9.17, 15) is 16.8 Å². The first-order chi connectivity index (χ1) is 12.7. The van der Waals surface area contributed by atoms with E-state index in [1.807, 2.05) is 6.92 Å². The highest BCUT2D eigenvalue weighted by Crippen LogP contribution is 2.16. The van der Waals surface area contributed by atoms with E-state index < -0.39 is 20.0 Å². The summed E-state index contributed by atoms with van der Waals surface area (Å²) < 4.78 is 55.6. The van der Waals surface area contributed by atoms with Crippen molar-refractivity contribution in [3.8, 4) is 0 Å². The SMILES string of the molecule is Cc1ccc(S(=O)(=O)NCCS(=O)(=O)Nc2ccn3nccc3c2)c(C)c1. The Morgan fingerprint density at radius 3 is 2.56 bits per heavy atom. The molecule has 2 N–H and O–H groups in total. The second-order valence-corrected chi connectivity index (χ2v) is 9.78. The number of aromatic nitrogens is 2. The highest BCUT2D eigenvalue weighted by molar-refractivity contribution is 7.92. The molecular weight excluding hydrogens is 388 g/mol. The van der Waals surface area contributed by atoms with Crippen molar-refractivity contribution < 1.29 is 16.8 Å². The van der Waals surface area contributed by atoms with Gasteiger partial charge in [0.1, 0.15) is 0 Å². The summed E-state index contributed by atoms with van der Waals surface area (Å²) in [5, 5.41) is 4.04. The molecule has 27 heavy (non-hydrogen) atoms. The third-order valence-electron chi connectivity index (χ3n) is 3.96. The maximum Gasteiger partial charge on any atom is 0.240 e. The minimum Gasteiger partial charge on any atom is -0.283 e. The summed E-state index contributed by atoms with van der Waals surface area (Å²) in [4.78, 5) is 0.143. The van der Waals surface area contributed by atoms with E-state index in [1.54, 1.807) is 54.2 Å². The first kappa shape index (κ1) is 19.3. The zero-order valence-corrected chi connectivity index (χ0v) is 16.5. The molecule has 2 heterocycles. The number of aryl methyl sites for hydroxylation is 2. The molecule has 0 bridgehead atoms. The first-order valence-electron chi connectivity index (χ1n) is 8.17. The molecule has 0 aliphatic heterocycles. The van der Waals surface area contributed by atoms with Crippen molar-refractivity contribution in [1.82, 2.24) is 14.3 Å². The van der Waals surface area contributed by atoms with E-state index >= 15 is 0 Å². The molecule has 0 amide bonds. The minimum atomic E-state index is -3.78. The third kappa shape index (κ3) is 4.65. The number of hydrogen-bond donors (Lipinski definition) is 2. The average molecular weight is 409 g/mol. The molecule has 0 aliphatic carbocycles. The van der Waals surface area contributed by atoms with Crippen molar-refractivity contribution >= 4 is 31.3 Å². The minimum absolute atomic E-state index is 0.143. The smallest absolute Gasteiger partial charge is 0.240 e. The molecule has 0 saturated carbocycles. The molecule has 1 aromatic carbocycles. The predicted molar refractivity (Wildman–Crippen MR) is 104 cm³/mol. The summed E-state index contributed by atoms with van der Waals surface area (Å²) >= 11 is 0. The lowest BCUT2D eigenvalue weighted by molar-refractivity contribution is 0.581. The zero-order chi connectivity index (χ0) is 19.7. The molecule has 0 aliphatic rings. The Hall–Kier alpha value is -2.43. The van der Waals surface area contributed by atoms with E-state index in [4.69, 9.17) is 0 Å². The molecule has 0 spiro atoms. The Morgan fingerprint density at radius 1 is 1.04 bits per heavy atom. The largest absolute Gasteiger partial charge is 0.283 e. The standard InChI is InChI=1S/C17H20N4O4S2/c1-13-3-4-17(14(2)11-13)27(24,25)19-8-10-26(22,23)20-15-6-9-21-16(12-15)5-7-18-21/h3-7,9,11-12,19-20H,8,10H2,1-2H3. The lowest BCUT2D eigenvalue weighted by Gasteiger charge is -2.11. The van der Waals surface area contributed by atoms with Gasteiger partial charge in [0.15, 0.2) is 0 Å². The number of nitrogens with zero attached hydrogens (tertiary/aromatic N) is 2. The number of anilines is 1. The molecule has 144 valence electrons. The summed E-state index contributed by atoms with van der Waals surface area (Å²) in [7, 11) is -7.49. The number of pyridine rings is 1. The summed E-state index contributed by atoms with van der Waals surface area (Å²) in [5.74, 6) is -0.387. The first-order valence-corrected chi connectivity index (χ1v) is 11.3. The van der Waals surface area contributed by atoms with Crippen LogP contribution >= 0.6 is 0 Å². The maximum atomic E-state index is 12.4. The van der Waals surface area contributed by atoms with Gasteiger partial charge in [-0.15, -0.1) is 0 Å². The molecule has 3 rings (SSSR count). The molecule has 3 aromatic rings. The number of hydrogen-bond acceptors (Lipinski definition) is 5. The molecule has 10 heteroatoms. The Labute approximate surface area is 158 Å². The summed E-state index contributed by atoms with van der Waals surface area (Å²) in [5.41, 5.74) is 2.69. The molecule has 0 unspecified atom stereocenters. The van der Waals surface area contributed by atoms with E-state index in [-0.39, 0.29) is 17.2 Å². The highest BCUT2D eigenvalue weighted by atomic mass is 32.2. The molecular formula is C17H20N4O4S2. The molecule has 0 radical (unpaired) electrons. The summed E-state index contributed by atoms with van der Waals surface area (Å²) in [6, 6.07) is 9.95. The van der Waals surface area contributed by atoms with Gasteiger partial charge in [-0.05, 0) is 43.7 Å². The van der Waals surface area contributed by atoms with Gasteiger partial charge in [0.2, 0.25) is 20.0 Å². The second-order valence-electron chi connectivity index (χ2n) is 6.20. The van der Waals surface area contributed by atoms with Crippen LogP contribution in [0.5, 0.6) is 0 Å². The Morgan fingerprint density at radius 2 is 1.81 bits per heavy atom. The van der Waals surface area contributed by atoms with Gasteiger partial charge in [-0.25, -0.2) is 26.1 Å². The van der Waals surface area contributed by atoms with Gasteiger partial charge in [-0.1, -0.05) is 17.7 Å². The monoisotopic (exact) mass is 408 g/mol. The Kier molecular flexibility index (Phi) is 5.22. The predicted octanol–water partition coefficient (Wildman–Crippen LogP) is 1.67. The van der Waals surface area contributed by atoms with Crippen LogP contribution in [0.15, 0.2) is 53.7 Å². The Balaban J connectivity index is 1.64. The van der Waals surface area contributed by atoms with Gasteiger partial charge < -0.3 is 0 Å². The Bertz CT molecular complexity index is 1180. The van der Waals surface area contributed by atoms with Gasteiger partial charge in [-0.3, -0.25) is 4.72 Å². The highest BCUT2D eigenvalue weighted by Gasteiger charge is 2.18. The van der Waals surface area contributed by atoms with Crippen LogP contribution in [0.1, 0.15) is 11.1 Å². The van der Waals surface area contributed by atoms with Crippen LogP contribution in [0.25, 0.3) is 5.52 Å². The van der Waals surface area contributed by atoms with E-state index in [0.717, 1.165) is 11.1 Å². The van der Waals surface area contributed by atoms with Crippen molar-refractivity contribution in [2.75, 3.05) is 17.0 Å². The topological polar surface area (TPSA) is 110 Å². The summed E-state index contributed by atoms with van der Waals surface area (Å²) in [6.45, 7) is 3.34. The van der Waals surface area contributed by atoms with Crippen LogP contribution in [0.3, 0.4) is 0 Å². The lowest BCUT2D eigenvalue weighted by Crippen LogP contribution is -2.31. The van der Waals surface area contributed by atoms with E-state index in [1.165, 1.54) is 6.07 Å². The van der Waals surface area contributed by atoms with E-state index in [2.05, 4.69) is 14.5 Å². The van der Waals surface area contributed by atoms with Crippen LogP contribution in [-0.2, 0) is 20.0 Å². The van der Waals surface area contributed by atoms with Gasteiger partial charge in [0.25, 0.3) is 0 Å². The lowest BCUT2D eigenvalue weighted by atomic mass is 10.2. The zero-order valence-electron chi connectivity index (χ0n) is 14.9. The van der Waals surface area contributed by atoms with Crippen molar-refractivity contribution in [3.05, 3.63) is 59.9 Å². The fourth-order valence-corrected chi connectivity index (χ4v) is 5.05. The van der Waals surface area contributed by atoms with Crippen LogP contribution in [-0.4, -0.2) is 38.7 Å². The van der Waals surface area contributed by atoms with Crippen molar-refractivity contribution in [1.29, 1.82) is 0 Å². The number of benzene rings is 1. The molecule has 0 fully saturated rings. The number of rotatable bonds is 7. The fourth-order valence-electron chi connectivity index (χ4n) is 2.70. The van der Waals surface area contributed by atoms with Gasteiger partial charge in [0, 0.05) is 18.9 Å². The summed E-state index contributed by atoms with van der Waals surface area (Å²) in [6.07, 6.45) is 3.24. The quantitative estimate of drug-likeness (QED) is 0.618. The fraction of sp³-hybridized carbons (Fsp3) is 0.235. The second kappa shape index (κ2) is 7.29. The van der Waals surface area contributed by atoms with Crippen molar-refractivity contribution in [2.45, 2.75) is 18.7 Å². The van der Waals surface area contributed by atoms with Gasteiger partial charge in [-0.2, -0.15) is 5.10 Å². The number of nitrogens with one attached hydrogen (secondary N) is 2. The number of sulfonamides is 2. The molecule has 2 aromatic heterocycles. The van der Waals surface area contributed by atoms with Crippen LogP contribution in [0, 0.1) is 13.8 Å². The van der Waals surface area contributed by atoms with Crippen LogP contribution < -0.4 is 9.44 Å².